The van der Waals surface area contributed by atoms with Gasteiger partial charge in [0.05, 0.1) is 30.8 Å². The molecular formula is C34H46N6O7S. The van der Waals surface area contributed by atoms with Crippen molar-refractivity contribution in [2.45, 2.75) is 71.9 Å². The molecule has 1 aromatic heterocycles. The number of benzene rings is 2. The number of aromatic nitrogens is 2. The van der Waals surface area contributed by atoms with Gasteiger partial charge in [-0.1, -0.05) is 26.8 Å². The zero-order valence-electron chi connectivity index (χ0n) is 29.3. The predicted octanol–water partition coefficient (Wildman–Crippen LogP) is 5.95. The molecule has 1 saturated heterocycles. The van der Waals surface area contributed by atoms with E-state index in [0.717, 1.165) is 23.8 Å². The van der Waals surface area contributed by atoms with E-state index in [4.69, 9.17) is 14.2 Å². The number of amides is 2. The third-order valence-corrected chi connectivity index (χ3v) is 8.25. The molecule has 0 bridgehead atoms. The summed E-state index contributed by atoms with van der Waals surface area (Å²) in [5, 5.41) is 2.88. The summed E-state index contributed by atoms with van der Waals surface area (Å²) >= 11 is 0. The summed E-state index contributed by atoms with van der Waals surface area (Å²) in [5.74, 6) is 0.861. The maximum atomic E-state index is 13.6. The Kier molecular flexibility index (Phi) is 10.5. The first kappa shape index (κ1) is 36.2. The van der Waals surface area contributed by atoms with Crippen molar-refractivity contribution in [2.75, 3.05) is 48.4 Å². The van der Waals surface area contributed by atoms with Gasteiger partial charge in [-0.25, -0.2) is 18.2 Å². The molecule has 1 unspecified atom stereocenters. The third-order valence-electron chi connectivity index (χ3n) is 7.66. The third kappa shape index (κ3) is 9.27. The molecule has 48 heavy (non-hydrogen) atoms. The summed E-state index contributed by atoms with van der Waals surface area (Å²) in [6, 6.07) is 10.1. The van der Waals surface area contributed by atoms with Gasteiger partial charge in [0.1, 0.15) is 11.4 Å². The molecule has 0 saturated carbocycles. The SMILES string of the molecule is COc1c(NC(=O)c2ccc(C)c(Oc3ccnc(N(C)C4CCN(C(=O)OC(C)(C)C)C4)n3)c2)cc(C(C)(C)C)cc1NS(C)(=O)=O. The zero-order valence-corrected chi connectivity index (χ0v) is 30.1. The number of ether oxygens (including phenoxy) is 3. The minimum absolute atomic E-state index is 0.0107. The average molecular weight is 683 g/mol. The number of carbonyl (C=O) groups excluding carboxylic acids is 2. The van der Waals surface area contributed by atoms with E-state index in [1.807, 2.05) is 60.4 Å². The summed E-state index contributed by atoms with van der Waals surface area (Å²) < 4.78 is 43.9. The van der Waals surface area contributed by atoms with Crippen LogP contribution in [0.3, 0.4) is 0 Å². The van der Waals surface area contributed by atoms with Crippen molar-refractivity contribution in [3.05, 3.63) is 59.3 Å². The Morgan fingerprint density at radius 1 is 1.04 bits per heavy atom. The van der Waals surface area contributed by atoms with Gasteiger partial charge >= 0.3 is 6.09 Å². The molecule has 1 fully saturated rings. The molecule has 13 nitrogen and oxygen atoms in total. The van der Waals surface area contributed by atoms with Crippen LogP contribution in [0, 0.1) is 6.92 Å². The molecule has 260 valence electrons. The van der Waals surface area contributed by atoms with Gasteiger partial charge in [-0.3, -0.25) is 9.52 Å². The molecule has 14 heteroatoms. The summed E-state index contributed by atoms with van der Waals surface area (Å²) in [5.41, 5.74) is 1.46. The van der Waals surface area contributed by atoms with E-state index in [9.17, 15) is 18.0 Å². The van der Waals surface area contributed by atoms with Gasteiger partial charge in [-0.15, -0.1) is 0 Å². The second kappa shape index (κ2) is 13.9. The van der Waals surface area contributed by atoms with Crippen LogP contribution in [0.4, 0.5) is 22.1 Å². The van der Waals surface area contributed by atoms with E-state index < -0.39 is 21.5 Å². The molecule has 0 spiro atoms. The van der Waals surface area contributed by atoms with Crippen LogP contribution in [0.15, 0.2) is 42.6 Å². The molecular weight excluding hydrogens is 636 g/mol. The van der Waals surface area contributed by atoms with Crippen molar-refractivity contribution in [1.82, 2.24) is 14.9 Å². The van der Waals surface area contributed by atoms with Crippen LogP contribution in [-0.4, -0.2) is 80.4 Å². The van der Waals surface area contributed by atoms with E-state index in [1.54, 1.807) is 47.5 Å². The molecule has 1 aliphatic heterocycles. The zero-order chi connectivity index (χ0) is 35.6. The minimum atomic E-state index is -3.63. The van der Waals surface area contributed by atoms with Gasteiger partial charge < -0.3 is 29.3 Å². The van der Waals surface area contributed by atoms with Crippen LogP contribution in [0.5, 0.6) is 17.4 Å². The number of hydrogen-bond acceptors (Lipinski definition) is 10. The van der Waals surface area contributed by atoms with E-state index >= 15 is 0 Å². The highest BCUT2D eigenvalue weighted by atomic mass is 32.2. The molecule has 4 rings (SSSR count). The largest absolute Gasteiger partial charge is 0.492 e. The van der Waals surface area contributed by atoms with Crippen molar-refractivity contribution in [3.63, 3.8) is 0 Å². The monoisotopic (exact) mass is 682 g/mol. The number of anilines is 3. The van der Waals surface area contributed by atoms with Crippen LogP contribution < -0.4 is 24.4 Å². The van der Waals surface area contributed by atoms with Crippen molar-refractivity contribution >= 4 is 39.3 Å². The van der Waals surface area contributed by atoms with Gasteiger partial charge in [-0.2, -0.15) is 4.98 Å². The van der Waals surface area contributed by atoms with Crippen molar-refractivity contribution in [3.8, 4) is 17.4 Å². The molecule has 3 aromatic rings. The Morgan fingerprint density at radius 2 is 1.73 bits per heavy atom. The maximum absolute atomic E-state index is 13.6. The smallest absolute Gasteiger partial charge is 0.410 e. The highest BCUT2D eigenvalue weighted by Crippen LogP contribution is 2.39. The number of aryl methyl sites for hydroxylation is 1. The number of rotatable bonds is 9. The quantitative estimate of drug-likeness (QED) is 0.277. The van der Waals surface area contributed by atoms with Gasteiger partial charge in [0.2, 0.25) is 21.9 Å². The number of likely N-dealkylation sites (tertiary alicyclic amines) is 1. The summed E-state index contributed by atoms with van der Waals surface area (Å²) in [7, 11) is -0.348. The van der Waals surface area contributed by atoms with Crippen LogP contribution in [0.1, 0.15) is 69.4 Å². The lowest BCUT2D eigenvalue weighted by Crippen LogP contribution is -2.39. The Bertz CT molecular complexity index is 1780. The topological polar surface area (TPSA) is 152 Å². The van der Waals surface area contributed by atoms with Gasteiger partial charge in [0.15, 0.2) is 5.75 Å². The molecule has 2 N–H and O–H groups in total. The molecule has 0 radical (unpaired) electrons. The lowest BCUT2D eigenvalue weighted by atomic mass is 9.86. The second-order valence-electron chi connectivity index (χ2n) is 13.9. The van der Waals surface area contributed by atoms with Gasteiger partial charge in [0, 0.05) is 38.0 Å². The molecule has 1 atom stereocenters. The number of nitrogens with zero attached hydrogens (tertiary/aromatic N) is 4. The summed E-state index contributed by atoms with van der Waals surface area (Å²) in [6.45, 7) is 14.4. The van der Waals surface area contributed by atoms with Crippen LogP contribution in [-0.2, 0) is 20.2 Å². The number of sulfonamides is 1. The normalized spacial score (nSPS) is 15.1. The molecule has 0 aliphatic carbocycles. The highest BCUT2D eigenvalue weighted by molar-refractivity contribution is 7.92. The van der Waals surface area contributed by atoms with Gasteiger partial charge in [0.25, 0.3) is 5.91 Å². The fourth-order valence-corrected chi connectivity index (χ4v) is 5.63. The number of carbonyl (C=O) groups is 2. The highest BCUT2D eigenvalue weighted by Gasteiger charge is 2.33. The van der Waals surface area contributed by atoms with Gasteiger partial charge in [-0.05, 0) is 74.9 Å². The van der Waals surface area contributed by atoms with E-state index in [1.165, 1.54) is 7.11 Å². The van der Waals surface area contributed by atoms with Crippen LogP contribution in [0.25, 0.3) is 0 Å². The minimum Gasteiger partial charge on any atom is -0.492 e. The first-order valence-corrected chi connectivity index (χ1v) is 17.5. The standard InChI is InChI=1S/C34H46N6O7S/c1-21-11-12-22(30(41)36-25-18-23(33(2,3)4)19-26(29(25)45-9)38-48(10,43)44)17-27(21)46-28-13-15-35-31(37-28)39(8)24-14-16-40(20-24)32(42)47-34(5,6)7/h11-13,15,17-19,24,38H,14,16,20H2,1-10H3,(H,36,41). The Labute approximate surface area is 283 Å². The lowest BCUT2D eigenvalue weighted by Gasteiger charge is -2.26. The fourth-order valence-electron chi connectivity index (χ4n) is 5.08. The first-order chi connectivity index (χ1) is 22.2. The lowest BCUT2D eigenvalue weighted by molar-refractivity contribution is 0.0292. The number of hydrogen-bond donors (Lipinski definition) is 2. The van der Waals surface area contributed by atoms with E-state index in [2.05, 4.69) is 20.0 Å². The first-order valence-electron chi connectivity index (χ1n) is 15.6. The number of likely N-dealkylation sites (N-methyl/N-ethyl adjacent to an activating group) is 1. The molecule has 1 aliphatic rings. The number of nitrogens with one attached hydrogen (secondary N) is 2. The average Bonchev–Trinajstić information content (AvgIpc) is 3.46. The van der Waals surface area contributed by atoms with Crippen LogP contribution in [0.2, 0.25) is 0 Å². The number of methoxy groups -OCH3 is 1. The van der Waals surface area contributed by atoms with Crippen molar-refractivity contribution < 1.29 is 32.2 Å². The van der Waals surface area contributed by atoms with E-state index in [-0.39, 0.29) is 34.9 Å². The van der Waals surface area contributed by atoms with Crippen molar-refractivity contribution in [2.24, 2.45) is 0 Å². The Morgan fingerprint density at radius 3 is 2.35 bits per heavy atom. The second-order valence-corrected chi connectivity index (χ2v) is 15.7. The van der Waals surface area contributed by atoms with Crippen LogP contribution >= 0.6 is 0 Å². The predicted molar refractivity (Wildman–Crippen MR) is 186 cm³/mol. The van der Waals surface area contributed by atoms with E-state index in [0.29, 0.717) is 36.0 Å². The maximum Gasteiger partial charge on any atom is 0.410 e. The molecule has 2 aromatic carbocycles. The molecule has 2 heterocycles. The van der Waals surface area contributed by atoms with Crippen molar-refractivity contribution in [1.29, 1.82) is 0 Å². The Balaban J connectivity index is 1.54. The summed E-state index contributed by atoms with van der Waals surface area (Å²) in [6.07, 6.45) is 3.03. The Hall–Kier alpha value is -4.59. The summed E-state index contributed by atoms with van der Waals surface area (Å²) in [4.78, 5) is 38.8. The molecule has 2 amide bonds. The fraction of sp³-hybridized carbons (Fsp3) is 0.471.